The predicted octanol–water partition coefficient (Wildman–Crippen LogP) is 7.09. The van der Waals surface area contributed by atoms with Crippen LogP contribution in [0.4, 0.5) is 18.9 Å². The van der Waals surface area contributed by atoms with E-state index in [0.717, 1.165) is 9.87 Å². The number of carbonyl (C=O) groups is 1. The zero-order valence-electron chi connectivity index (χ0n) is 23.4. The lowest BCUT2D eigenvalue weighted by molar-refractivity contribution is -0.157. The maximum absolute atomic E-state index is 14.0. The van der Waals surface area contributed by atoms with Crippen molar-refractivity contribution in [2.24, 2.45) is 0 Å². The Hall–Kier alpha value is -3.86. The van der Waals surface area contributed by atoms with Crippen molar-refractivity contribution in [1.82, 2.24) is 4.98 Å². The molecule has 4 rings (SSSR count). The van der Waals surface area contributed by atoms with Gasteiger partial charge in [-0.25, -0.2) is 9.78 Å². The summed E-state index contributed by atoms with van der Waals surface area (Å²) in [4.78, 5) is 17.3. The number of sulfonamides is 1. The van der Waals surface area contributed by atoms with E-state index < -0.39 is 55.3 Å². The number of pyridine rings is 1. The number of ether oxygens (including phenoxy) is 1. The number of rotatable bonds is 11. The average molecular weight is 603 g/mol. The SMILES string of the molecule is CCCN(c1ccccc1)S(=O)(=O)c1ncc(C(F)(F)F)cc1C1=C(O)CC(CCC)(CCc2ccccc2)OC1=O. The third kappa shape index (κ3) is 6.61. The first-order valence-corrected chi connectivity index (χ1v) is 15.2. The predicted molar refractivity (Wildman–Crippen MR) is 153 cm³/mol. The summed E-state index contributed by atoms with van der Waals surface area (Å²) in [5, 5.41) is 10.5. The summed E-state index contributed by atoms with van der Waals surface area (Å²) in [6.07, 6.45) is -2.36. The normalized spacial score (nSPS) is 17.7. The molecule has 42 heavy (non-hydrogen) atoms. The van der Waals surface area contributed by atoms with Crippen LogP contribution in [0.2, 0.25) is 0 Å². The molecule has 0 radical (unpaired) electrons. The van der Waals surface area contributed by atoms with Crippen molar-refractivity contribution in [2.45, 2.75) is 69.2 Å². The molecule has 1 atom stereocenters. The highest BCUT2D eigenvalue weighted by atomic mass is 32.2. The van der Waals surface area contributed by atoms with Crippen molar-refractivity contribution >= 4 is 27.3 Å². The van der Waals surface area contributed by atoms with Crippen molar-refractivity contribution < 1.29 is 36.2 Å². The van der Waals surface area contributed by atoms with Crippen molar-refractivity contribution in [1.29, 1.82) is 0 Å². The number of anilines is 1. The average Bonchev–Trinajstić information content (AvgIpc) is 2.95. The molecule has 0 fully saturated rings. The van der Waals surface area contributed by atoms with E-state index >= 15 is 0 Å². The van der Waals surface area contributed by atoms with Gasteiger partial charge in [-0.2, -0.15) is 21.6 Å². The minimum atomic E-state index is -4.89. The topological polar surface area (TPSA) is 96.8 Å². The highest BCUT2D eigenvalue weighted by molar-refractivity contribution is 7.92. The maximum atomic E-state index is 14.0. The molecule has 1 aromatic heterocycles. The van der Waals surface area contributed by atoms with E-state index in [9.17, 15) is 31.5 Å². The molecular weight excluding hydrogens is 569 g/mol. The van der Waals surface area contributed by atoms with Crippen molar-refractivity contribution in [3.05, 3.63) is 95.4 Å². The monoisotopic (exact) mass is 602 g/mol. The van der Waals surface area contributed by atoms with Crippen LogP contribution in [0, 0.1) is 0 Å². The fraction of sp³-hybridized carbons (Fsp3) is 0.355. The first-order chi connectivity index (χ1) is 19.9. The van der Waals surface area contributed by atoms with Gasteiger partial charge in [0.2, 0.25) is 0 Å². The molecule has 1 N–H and O–H groups in total. The lowest BCUT2D eigenvalue weighted by Crippen LogP contribution is -2.41. The molecule has 0 saturated carbocycles. The number of benzene rings is 2. The van der Waals surface area contributed by atoms with Crippen LogP contribution in [-0.4, -0.2) is 36.6 Å². The Morgan fingerprint density at radius 3 is 2.21 bits per heavy atom. The number of cyclic esters (lactones) is 1. The molecule has 11 heteroatoms. The summed E-state index contributed by atoms with van der Waals surface area (Å²) in [6.45, 7) is 3.65. The minimum Gasteiger partial charge on any atom is -0.511 e. The summed E-state index contributed by atoms with van der Waals surface area (Å²) < 4.78 is 76.2. The van der Waals surface area contributed by atoms with Gasteiger partial charge in [0.05, 0.1) is 11.3 Å². The number of carbonyl (C=O) groups excluding carboxylic acids is 1. The Morgan fingerprint density at radius 2 is 1.64 bits per heavy atom. The van der Waals surface area contributed by atoms with E-state index in [-0.39, 0.29) is 18.7 Å². The lowest BCUT2D eigenvalue weighted by atomic mass is 9.83. The third-order valence-corrected chi connectivity index (χ3v) is 8.95. The summed E-state index contributed by atoms with van der Waals surface area (Å²) in [5.41, 5.74) is -2.40. The van der Waals surface area contributed by atoms with Crippen LogP contribution in [0.1, 0.15) is 62.6 Å². The van der Waals surface area contributed by atoms with Crippen LogP contribution in [-0.2, 0) is 32.2 Å². The molecule has 0 saturated heterocycles. The highest BCUT2D eigenvalue weighted by Gasteiger charge is 2.44. The second-order valence-corrected chi connectivity index (χ2v) is 12.1. The summed E-state index contributed by atoms with van der Waals surface area (Å²) in [6, 6.07) is 18.1. The van der Waals surface area contributed by atoms with Crippen LogP contribution in [0.5, 0.6) is 0 Å². The van der Waals surface area contributed by atoms with Gasteiger partial charge in [0, 0.05) is 24.7 Å². The number of aromatic nitrogens is 1. The van der Waals surface area contributed by atoms with Gasteiger partial charge in [0.15, 0.2) is 5.03 Å². The number of para-hydroxylation sites is 1. The quantitative estimate of drug-likeness (QED) is 0.235. The molecule has 0 amide bonds. The fourth-order valence-corrected chi connectivity index (χ4v) is 6.87. The Morgan fingerprint density at radius 1 is 1.00 bits per heavy atom. The standard InChI is InChI=1S/C31H33F3N2O5S/c1-3-16-30(17-15-22-11-7-5-8-12-22)20-26(37)27(29(38)41-30)25-19-23(31(32,33)34)21-35-28(25)42(39,40)36(18-4-2)24-13-9-6-10-14-24/h5-14,19,21,37H,3-4,15-18,20H2,1-2H3. The molecule has 0 spiro atoms. The number of nitrogens with zero attached hydrogens (tertiary/aromatic N) is 2. The van der Waals surface area contributed by atoms with Crippen molar-refractivity contribution in [2.75, 3.05) is 10.8 Å². The minimum absolute atomic E-state index is 0.00304. The van der Waals surface area contributed by atoms with E-state index in [0.29, 0.717) is 44.4 Å². The van der Waals surface area contributed by atoms with Crippen LogP contribution >= 0.6 is 0 Å². The van der Waals surface area contributed by atoms with Crippen LogP contribution in [0.3, 0.4) is 0 Å². The molecule has 3 aromatic rings. The van der Waals surface area contributed by atoms with Gasteiger partial charge >= 0.3 is 12.1 Å². The molecule has 2 aromatic carbocycles. The Kier molecular flexibility index (Phi) is 9.30. The van der Waals surface area contributed by atoms with Crippen molar-refractivity contribution in [3.8, 4) is 0 Å². The molecule has 2 heterocycles. The number of aliphatic hydroxyl groups is 1. The van der Waals surface area contributed by atoms with Gasteiger partial charge in [-0.05, 0) is 49.4 Å². The largest absolute Gasteiger partial charge is 0.511 e. The van der Waals surface area contributed by atoms with Gasteiger partial charge in [0.1, 0.15) is 16.9 Å². The number of hydrogen-bond acceptors (Lipinski definition) is 6. The third-order valence-electron chi connectivity index (χ3n) is 7.16. The van der Waals surface area contributed by atoms with Gasteiger partial charge in [-0.15, -0.1) is 0 Å². The van der Waals surface area contributed by atoms with Crippen LogP contribution in [0.15, 0.2) is 83.7 Å². The van der Waals surface area contributed by atoms with E-state index in [1.54, 1.807) is 37.3 Å². The fourth-order valence-electron chi connectivity index (χ4n) is 5.22. The molecular formula is C31H33F3N2O5S. The number of aryl methyl sites for hydroxylation is 1. The molecule has 7 nitrogen and oxygen atoms in total. The second-order valence-electron chi connectivity index (χ2n) is 10.3. The van der Waals surface area contributed by atoms with Gasteiger partial charge in [-0.3, -0.25) is 4.31 Å². The first-order valence-electron chi connectivity index (χ1n) is 13.8. The van der Waals surface area contributed by atoms with Crippen LogP contribution in [0.25, 0.3) is 5.57 Å². The van der Waals surface area contributed by atoms with Gasteiger partial charge < -0.3 is 9.84 Å². The molecule has 0 aliphatic carbocycles. The molecule has 0 bridgehead atoms. The molecule has 1 aliphatic rings. The van der Waals surface area contributed by atoms with Crippen molar-refractivity contribution in [3.63, 3.8) is 0 Å². The Balaban J connectivity index is 1.84. The maximum Gasteiger partial charge on any atom is 0.417 e. The molecule has 1 aliphatic heterocycles. The van der Waals surface area contributed by atoms with E-state index in [2.05, 4.69) is 4.98 Å². The summed E-state index contributed by atoms with van der Waals surface area (Å²) in [7, 11) is -4.59. The zero-order valence-corrected chi connectivity index (χ0v) is 24.2. The van der Waals surface area contributed by atoms with E-state index in [1.807, 2.05) is 37.3 Å². The smallest absolute Gasteiger partial charge is 0.417 e. The summed E-state index contributed by atoms with van der Waals surface area (Å²) in [5.74, 6) is -1.63. The number of halogens is 3. The Labute approximate surface area is 243 Å². The van der Waals surface area contributed by atoms with Crippen LogP contribution < -0.4 is 4.31 Å². The van der Waals surface area contributed by atoms with E-state index in [1.165, 1.54) is 0 Å². The number of esters is 1. The Bertz CT molecular complexity index is 1540. The highest BCUT2D eigenvalue weighted by Crippen LogP contribution is 2.42. The summed E-state index contributed by atoms with van der Waals surface area (Å²) >= 11 is 0. The van der Waals surface area contributed by atoms with E-state index in [4.69, 9.17) is 4.74 Å². The van der Waals surface area contributed by atoms with Gasteiger partial charge in [0.25, 0.3) is 10.0 Å². The molecule has 224 valence electrons. The molecule has 1 unspecified atom stereocenters. The second kappa shape index (κ2) is 12.6. The number of hydrogen-bond donors (Lipinski definition) is 1. The van der Waals surface area contributed by atoms with Gasteiger partial charge in [-0.1, -0.05) is 68.8 Å². The first kappa shape index (κ1) is 31.1. The number of alkyl halides is 3. The zero-order chi connectivity index (χ0) is 30.5. The number of aliphatic hydroxyl groups excluding tert-OH is 1. The lowest BCUT2D eigenvalue weighted by Gasteiger charge is -2.37.